The van der Waals surface area contributed by atoms with Crippen LogP contribution in [0.5, 0.6) is 17.2 Å². The zero-order valence-electron chi connectivity index (χ0n) is 16.9. The Morgan fingerprint density at radius 1 is 1.07 bits per heavy atom. The fourth-order valence-electron chi connectivity index (χ4n) is 3.05. The molecule has 0 aromatic heterocycles. The second-order valence-corrected chi connectivity index (χ2v) is 7.10. The molecule has 1 heterocycles. The van der Waals surface area contributed by atoms with Crippen molar-refractivity contribution in [2.75, 3.05) is 51.3 Å². The van der Waals surface area contributed by atoms with Crippen molar-refractivity contribution in [1.82, 2.24) is 10.2 Å². The van der Waals surface area contributed by atoms with Crippen molar-refractivity contribution in [2.24, 2.45) is 0 Å². The summed E-state index contributed by atoms with van der Waals surface area (Å²) in [6.45, 7) is 8.17. The van der Waals surface area contributed by atoms with Crippen molar-refractivity contribution in [3.63, 3.8) is 0 Å². The number of ether oxygens (including phenoxy) is 3. The lowest BCUT2D eigenvalue weighted by Crippen LogP contribution is -2.38. The molecule has 1 aliphatic heterocycles. The summed E-state index contributed by atoms with van der Waals surface area (Å²) in [5.74, 6) is 2.29. The summed E-state index contributed by atoms with van der Waals surface area (Å²) in [4.78, 5) is 2.42. The molecule has 1 saturated heterocycles. The fourth-order valence-corrected chi connectivity index (χ4v) is 3.26. The Kier molecular flexibility index (Phi) is 8.55. The van der Waals surface area contributed by atoms with E-state index in [2.05, 4.69) is 15.5 Å². The van der Waals surface area contributed by atoms with Gasteiger partial charge in [-0.05, 0) is 68.5 Å². The van der Waals surface area contributed by atoms with Gasteiger partial charge in [0.1, 0.15) is 11.5 Å². The van der Waals surface area contributed by atoms with Crippen molar-refractivity contribution in [3.05, 3.63) is 48.5 Å². The maximum Gasteiger partial charge on any atom is 0.170 e. The molecule has 0 atom stereocenters. The van der Waals surface area contributed by atoms with Crippen LogP contribution in [0.15, 0.2) is 48.5 Å². The number of para-hydroxylation sites is 2. The molecule has 1 fully saturated rings. The first kappa shape index (κ1) is 21.4. The van der Waals surface area contributed by atoms with Gasteiger partial charge in [-0.25, -0.2) is 0 Å². The van der Waals surface area contributed by atoms with Gasteiger partial charge in [-0.2, -0.15) is 0 Å². The van der Waals surface area contributed by atoms with Gasteiger partial charge in [0.25, 0.3) is 0 Å². The zero-order chi connectivity index (χ0) is 20.3. The number of benzene rings is 2. The van der Waals surface area contributed by atoms with Crippen LogP contribution in [-0.2, 0) is 4.74 Å². The minimum atomic E-state index is 0.592. The second kappa shape index (κ2) is 11.6. The Bertz CT molecular complexity index is 764. The molecular formula is C22H29N3O3S. The third kappa shape index (κ3) is 7.20. The summed E-state index contributed by atoms with van der Waals surface area (Å²) in [6, 6.07) is 15.3. The summed E-state index contributed by atoms with van der Waals surface area (Å²) in [5, 5.41) is 7.10. The van der Waals surface area contributed by atoms with Crippen LogP contribution in [0.25, 0.3) is 0 Å². The highest BCUT2D eigenvalue weighted by Gasteiger charge is 2.10. The normalized spacial score (nSPS) is 14.2. The van der Waals surface area contributed by atoms with E-state index in [0.717, 1.165) is 63.0 Å². The lowest BCUT2D eigenvalue weighted by Gasteiger charge is -2.26. The summed E-state index contributed by atoms with van der Waals surface area (Å²) >= 11 is 5.45. The molecule has 0 spiro atoms. The molecule has 3 rings (SSSR count). The summed E-state index contributed by atoms with van der Waals surface area (Å²) in [6.07, 6.45) is 1.03. The molecule has 0 unspecified atom stereocenters. The van der Waals surface area contributed by atoms with Gasteiger partial charge in [0.15, 0.2) is 10.9 Å². The van der Waals surface area contributed by atoms with Crippen molar-refractivity contribution < 1.29 is 14.2 Å². The van der Waals surface area contributed by atoms with Crippen LogP contribution in [-0.4, -0.2) is 56.0 Å². The molecule has 2 N–H and O–H groups in total. The number of morpholine rings is 1. The van der Waals surface area contributed by atoms with E-state index in [-0.39, 0.29) is 0 Å². The van der Waals surface area contributed by atoms with Crippen molar-refractivity contribution in [3.8, 4) is 17.2 Å². The van der Waals surface area contributed by atoms with Gasteiger partial charge in [-0.1, -0.05) is 12.1 Å². The topological polar surface area (TPSA) is 55.0 Å². The molecule has 0 bridgehead atoms. The minimum absolute atomic E-state index is 0.592. The third-order valence-corrected chi connectivity index (χ3v) is 4.78. The molecule has 1 aliphatic rings. The summed E-state index contributed by atoms with van der Waals surface area (Å²) in [5.41, 5.74) is 0.826. The first-order chi connectivity index (χ1) is 14.2. The Labute approximate surface area is 178 Å². The van der Waals surface area contributed by atoms with Crippen molar-refractivity contribution >= 4 is 23.0 Å². The highest BCUT2D eigenvalue weighted by molar-refractivity contribution is 7.80. The fraction of sp³-hybridized carbons (Fsp3) is 0.409. The van der Waals surface area contributed by atoms with Crippen LogP contribution in [0.4, 0.5) is 5.69 Å². The van der Waals surface area contributed by atoms with Gasteiger partial charge in [-0.15, -0.1) is 0 Å². The van der Waals surface area contributed by atoms with E-state index in [1.165, 1.54) is 0 Å². The number of nitrogens with one attached hydrogen (secondary N) is 2. The van der Waals surface area contributed by atoms with E-state index in [9.17, 15) is 0 Å². The van der Waals surface area contributed by atoms with E-state index >= 15 is 0 Å². The Morgan fingerprint density at radius 2 is 1.79 bits per heavy atom. The van der Waals surface area contributed by atoms with Crippen LogP contribution in [0.2, 0.25) is 0 Å². The predicted octanol–water partition coefficient (Wildman–Crippen LogP) is 3.89. The van der Waals surface area contributed by atoms with Gasteiger partial charge in [0.05, 0.1) is 25.5 Å². The van der Waals surface area contributed by atoms with Gasteiger partial charge in [0, 0.05) is 19.6 Å². The first-order valence-electron chi connectivity index (χ1n) is 10.1. The smallest absolute Gasteiger partial charge is 0.170 e. The molecule has 6 nitrogen and oxygen atoms in total. The van der Waals surface area contributed by atoms with E-state index in [0.29, 0.717) is 17.5 Å². The van der Waals surface area contributed by atoms with Gasteiger partial charge in [0.2, 0.25) is 0 Å². The molecule has 156 valence electrons. The Morgan fingerprint density at radius 3 is 2.55 bits per heavy atom. The second-order valence-electron chi connectivity index (χ2n) is 6.69. The number of nitrogens with zero attached hydrogens (tertiary/aromatic N) is 1. The molecule has 0 radical (unpaired) electrons. The lowest BCUT2D eigenvalue weighted by molar-refractivity contribution is 0.0376. The molecule has 2 aromatic rings. The van der Waals surface area contributed by atoms with Crippen LogP contribution in [0.1, 0.15) is 13.3 Å². The van der Waals surface area contributed by atoms with Gasteiger partial charge < -0.3 is 24.8 Å². The average molecular weight is 416 g/mol. The maximum atomic E-state index is 6.02. The minimum Gasteiger partial charge on any atom is -0.494 e. The molecule has 2 aromatic carbocycles. The van der Waals surface area contributed by atoms with E-state index < -0.39 is 0 Å². The van der Waals surface area contributed by atoms with Crippen LogP contribution < -0.4 is 20.1 Å². The van der Waals surface area contributed by atoms with Crippen molar-refractivity contribution in [1.29, 1.82) is 0 Å². The number of rotatable bonds is 9. The number of thiocarbonyl (C=S) groups is 1. The monoisotopic (exact) mass is 415 g/mol. The molecule has 0 saturated carbocycles. The standard InChI is InChI=1S/C22H29N3O3S/c1-2-27-18-8-10-19(11-9-18)28-21-7-4-3-6-20(21)24-22(29)23-12-5-13-25-14-16-26-17-15-25/h3-4,6-11H,2,5,12-17H2,1H3,(H2,23,24,29). The SMILES string of the molecule is CCOc1ccc(Oc2ccccc2NC(=S)NCCCN2CCOCC2)cc1. The average Bonchev–Trinajstić information content (AvgIpc) is 2.75. The highest BCUT2D eigenvalue weighted by atomic mass is 32.1. The van der Waals surface area contributed by atoms with E-state index in [1.54, 1.807) is 0 Å². The highest BCUT2D eigenvalue weighted by Crippen LogP contribution is 2.30. The molecule has 0 aliphatic carbocycles. The molecule has 29 heavy (non-hydrogen) atoms. The summed E-state index contributed by atoms with van der Waals surface area (Å²) in [7, 11) is 0. The number of hydrogen-bond acceptors (Lipinski definition) is 5. The van der Waals surface area contributed by atoms with Crippen LogP contribution >= 0.6 is 12.2 Å². The van der Waals surface area contributed by atoms with E-state index in [4.69, 9.17) is 26.4 Å². The zero-order valence-corrected chi connectivity index (χ0v) is 17.7. The largest absolute Gasteiger partial charge is 0.494 e. The van der Waals surface area contributed by atoms with E-state index in [1.807, 2.05) is 55.5 Å². The maximum absolute atomic E-state index is 6.02. The van der Waals surface area contributed by atoms with Gasteiger partial charge >= 0.3 is 0 Å². The van der Waals surface area contributed by atoms with Crippen LogP contribution in [0, 0.1) is 0 Å². The molecular weight excluding hydrogens is 386 g/mol. The summed E-state index contributed by atoms with van der Waals surface area (Å²) < 4.78 is 16.9. The predicted molar refractivity (Wildman–Crippen MR) is 120 cm³/mol. The Balaban J connectivity index is 1.47. The third-order valence-electron chi connectivity index (χ3n) is 4.54. The first-order valence-corrected chi connectivity index (χ1v) is 10.5. The quantitative estimate of drug-likeness (QED) is 0.476. The van der Waals surface area contributed by atoms with Crippen LogP contribution in [0.3, 0.4) is 0 Å². The molecule has 7 heteroatoms. The number of hydrogen-bond donors (Lipinski definition) is 2. The molecule has 0 amide bonds. The van der Waals surface area contributed by atoms with Gasteiger partial charge in [-0.3, -0.25) is 4.90 Å². The number of anilines is 1. The lowest BCUT2D eigenvalue weighted by atomic mass is 10.3. The van der Waals surface area contributed by atoms with Crippen molar-refractivity contribution in [2.45, 2.75) is 13.3 Å². The Hall–Kier alpha value is -2.35.